The van der Waals surface area contributed by atoms with E-state index in [1.54, 1.807) is 57.2 Å². The lowest BCUT2D eigenvalue weighted by Crippen LogP contribution is -2.33. The van der Waals surface area contributed by atoms with Crippen molar-refractivity contribution in [2.75, 3.05) is 42.4 Å². The van der Waals surface area contributed by atoms with Gasteiger partial charge in [0, 0.05) is 35.4 Å². The third-order valence-electron chi connectivity index (χ3n) is 6.17. The van der Waals surface area contributed by atoms with Gasteiger partial charge in [-0.3, -0.25) is 9.79 Å². The summed E-state index contributed by atoms with van der Waals surface area (Å²) in [5, 5.41) is 20.8. The minimum absolute atomic E-state index is 0.0240. The van der Waals surface area contributed by atoms with Crippen molar-refractivity contribution in [3.63, 3.8) is 0 Å². The first-order valence-electron chi connectivity index (χ1n) is 14.2. The first-order chi connectivity index (χ1) is 21.4. The summed E-state index contributed by atoms with van der Waals surface area (Å²) in [4.78, 5) is 53.4. The number of carbonyl (C=O) groups is 4. The third-order valence-corrected chi connectivity index (χ3v) is 6.17. The van der Waals surface area contributed by atoms with E-state index in [0.717, 1.165) is 5.57 Å². The van der Waals surface area contributed by atoms with Gasteiger partial charge in [0.15, 0.2) is 0 Å². The van der Waals surface area contributed by atoms with Crippen LogP contribution in [0.2, 0.25) is 0 Å². The average molecular weight is 624 g/mol. The van der Waals surface area contributed by atoms with Gasteiger partial charge in [-0.2, -0.15) is 0 Å². The Labute approximate surface area is 262 Å². The molecule has 0 saturated heterocycles. The zero-order valence-corrected chi connectivity index (χ0v) is 26.0. The number of nitrogens with zero attached hydrogens (tertiary/aromatic N) is 1. The van der Waals surface area contributed by atoms with Crippen molar-refractivity contribution in [1.82, 2.24) is 5.32 Å². The average Bonchev–Trinajstić information content (AvgIpc) is 3.38. The van der Waals surface area contributed by atoms with E-state index < -0.39 is 35.9 Å². The number of aliphatic imine (C=N–C) groups is 1. The van der Waals surface area contributed by atoms with E-state index in [0.29, 0.717) is 40.3 Å². The number of fused-ring (bicyclic) bond motifs is 1. The maximum Gasteiger partial charge on any atom is 0.362 e. The number of rotatable bonds is 17. The zero-order chi connectivity index (χ0) is 33.4. The zero-order valence-electron chi connectivity index (χ0n) is 26.0. The van der Waals surface area contributed by atoms with Crippen LogP contribution in [-0.4, -0.2) is 67.5 Å². The Balaban J connectivity index is 2.02. The van der Waals surface area contributed by atoms with Crippen molar-refractivity contribution in [3.05, 3.63) is 78.1 Å². The van der Waals surface area contributed by atoms with Crippen molar-refractivity contribution in [3.8, 4) is 0 Å². The molecular weight excluding hydrogens is 582 g/mol. The lowest BCUT2D eigenvalue weighted by atomic mass is 10.1. The Kier molecular flexibility index (Phi) is 14.8. The summed E-state index contributed by atoms with van der Waals surface area (Å²) < 4.78 is 15.5. The Morgan fingerprint density at radius 1 is 0.933 bits per heavy atom. The van der Waals surface area contributed by atoms with Crippen LogP contribution in [0.25, 0.3) is 0 Å². The molecule has 5 N–H and O–H groups in total. The molecule has 45 heavy (non-hydrogen) atoms. The molecule has 1 amide bonds. The van der Waals surface area contributed by atoms with E-state index >= 15 is 0 Å². The van der Waals surface area contributed by atoms with Crippen LogP contribution in [0.15, 0.2) is 83.1 Å². The van der Waals surface area contributed by atoms with Gasteiger partial charge >= 0.3 is 17.9 Å². The second kappa shape index (κ2) is 18.5. The third kappa shape index (κ3) is 12.5. The molecule has 1 atom stereocenters. The van der Waals surface area contributed by atoms with E-state index in [9.17, 15) is 24.3 Å². The molecule has 0 aliphatic carbocycles. The molecule has 0 fully saturated rings. The molecule has 13 heteroatoms. The fourth-order valence-electron chi connectivity index (χ4n) is 3.50. The van der Waals surface area contributed by atoms with Crippen LogP contribution in [0.4, 0.5) is 17.1 Å². The van der Waals surface area contributed by atoms with E-state index in [-0.39, 0.29) is 32.9 Å². The van der Waals surface area contributed by atoms with Crippen LogP contribution in [-0.2, 0) is 33.4 Å². The van der Waals surface area contributed by atoms with Crippen LogP contribution in [0.1, 0.15) is 40.5 Å². The molecule has 1 aliphatic heterocycles. The smallest absolute Gasteiger partial charge is 0.362 e. The molecule has 1 aromatic carbocycles. The maximum atomic E-state index is 13.1. The summed E-state index contributed by atoms with van der Waals surface area (Å²) in [6.07, 6.45) is 6.69. The second-order valence-corrected chi connectivity index (χ2v) is 9.73. The van der Waals surface area contributed by atoms with Gasteiger partial charge in [0.05, 0.1) is 31.2 Å². The summed E-state index contributed by atoms with van der Waals surface area (Å²) in [5.41, 5.74) is 3.16. The summed E-state index contributed by atoms with van der Waals surface area (Å²) in [7, 11) is 0. The van der Waals surface area contributed by atoms with Gasteiger partial charge in [0.25, 0.3) is 5.91 Å². The summed E-state index contributed by atoms with van der Waals surface area (Å²) in [6.45, 7) is 14.1. The molecule has 0 aromatic heterocycles. The molecule has 1 aromatic rings. The number of hydrogen-bond donors (Lipinski definition) is 5. The number of ether oxygens (including phenoxy) is 3. The Hall–Kier alpha value is -5.17. The molecule has 0 spiro atoms. The van der Waals surface area contributed by atoms with Gasteiger partial charge in [0.1, 0.15) is 6.67 Å². The lowest BCUT2D eigenvalue weighted by Gasteiger charge is -2.11. The first kappa shape index (κ1) is 36.0. The normalized spacial score (nSPS) is 14.5. The van der Waals surface area contributed by atoms with E-state index in [2.05, 4.69) is 39.4 Å². The minimum atomic E-state index is -0.969. The Morgan fingerprint density at radius 3 is 2.27 bits per heavy atom. The highest BCUT2D eigenvalue weighted by Crippen LogP contribution is 2.30. The number of allylic oxidation sites excluding steroid dienone is 4. The van der Waals surface area contributed by atoms with Gasteiger partial charge < -0.3 is 40.6 Å². The van der Waals surface area contributed by atoms with Crippen molar-refractivity contribution in [1.29, 1.82) is 0 Å². The van der Waals surface area contributed by atoms with Gasteiger partial charge in [-0.05, 0) is 57.5 Å². The van der Waals surface area contributed by atoms with Crippen LogP contribution in [0.5, 0.6) is 0 Å². The first-order valence-corrected chi connectivity index (χ1v) is 14.2. The number of carbonyl (C=O) groups excluding carboxylic acids is 4. The van der Waals surface area contributed by atoms with E-state index in [4.69, 9.17) is 14.2 Å². The molecule has 0 radical (unpaired) electrons. The Bertz CT molecular complexity index is 1410. The van der Waals surface area contributed by atoms with Crippen molar-refractivity contribution in [2.24, 2.45) is 4.99 Å². The molecule has 0 bridgehead atoms. The number of amides is 1. The highest BCUT2D eigenvalue weighted by Gasteiger charge is 2.24. The summed E-state index contributed by atoms with van der Waals surface area (Å²) >= 11 is 0. The fraction of sp³-hybridized carbons (Fsp3) is 0.344. The summed E-state index contributed by atoms with van der Waals surface area (Å²) in [5.74, 6) is -2.71. The van der Waals surface area contributed by atoms with Crippen LogP contribution >= 0.6 is 0 Å². The molecule has 1 unspecified atom stereocenters. The topological polar surface area (TPSA) is 177 Å². The van der Waals surface area contributed by atoms with E-state index in [1.165, 1.54) is 0 Å². The number of esters is 3. The van der Waals surface area contributed by atoms with Crippen molar-refractivity contribution < 1.29 is 38.5 Å². The quantitative estimate of drug-likeness (QED) is 0.0325. The molecule has 1 aliphatic rings. The predicted octanol–water partition coefficient (Wildman–Crippen LogP) is 3.69. The van der Waals surface area contributed by atoms with Gasteiger partial charge in [-0.1, -0.05) is 31.4 Å². The standard InChI is InChI=1S/C32H41N5O8/c1-7-21(5)30(40)43-15-9-16-44-31(41)27(28(38)35-24-12-13-25-26(18-24)37-32(42)36-25)34-19-33-22(6)10-11-23(8-2)14-17-45-29(39)20(3)4/h7-8,10-13,18,32-33,36-37,42H,3,6,9,14-17,19H2,1-2,4-5H3,(H,35,38)/b11-10-,21-7+,23-8+,34-27?. The molecule has 13 nitrogen and oxygen atoms in total. The van der Waals surface area contributed by atoms with Crippen LogP contribution < -0.4 is 21.3 Å². The summed E-state index contributed by atoms with van der Waals surface area (Å²) in [6, 6.07) is 4.84. The van der Waals surface area contributed by atoms with Crippen LogP contribution in [0, 0.1) is 0 Å². The number of anilines is 3. The number of aliphatic hydroxyl groups is 1. The number of nitrogens with one attached hydrogen (secondary N) is 4. The number of benzene rings is 1. The molecule has 242 valence electrons. The van der Waals surface area contributed by atoms with Gasteiger partial charge in [-0.15, -0.1) is 0 Å². The predicted molar refractivity (Wildman–Crippen MR) is 172 cm³/mol. The van der Waals surface area contributed by atoms with Gasteiger partial charge in [-0.25, -0.2) is 14.4 Å². The largest absolute Gasteiger partial charge is 0.462 e. The molecule has 0 saturated carbocycles. The van der Waals surface area contributed by atoms with Crippen molar-refractivity contribution in [2.45, 2.75) is 46.9 Å². The molecule has 1 heterocycles. The highest BCUT2D eigenvalue weighted by atomic mass is 16.5. The second-order valence-electron chi connectivity index (χ2n) is 9.73. The number of aliphatic hydroxyl groups excluding tert-OH is 1. The lowest BCUT2D eigenvalue weighted by molar-refractivity contribution is -0.141. The van der Waals surface area contributed by atoms with Gasteiger partial charge in [0.2, 0.25) is 12.1 Å². The fourth-order valence-corrected chi connectivity index (χ4v) is 3.50. The Morgan fingerprint density at radius 2 is 1.60 bits per heavy atom. The SMILES string of the molecule is C=C(/C=C\C(=C/C)CCOC(=O)C(=C)C)NCN=C(C(=O)Nc1ccc2c(c1)NC(O)N2)C(=O)OCCCOC(=O)/C(C)=C/C. The number of hydrogen-bond acceptors (Lipinski definition) is 12. The van der Waals surface area contributed by atoms with Crippen molar-refractivity contribution >= 4 is 46.6 Å². The monoisotopic (exact) mass is 623 g/mol. The minimum Gasteiger partial charge on any atom is -0.462 e. The maximum absolute atomic E-state index is 13.1. The molecule has 2 rings (SSSR count). The van der Waals surface area contributed by atoms with E-state index in [1.807, 2.05) is 13.0 Å². The highest BCUT2D eigenvalue weighted by molar-refractivity contribution is 6.66. The molecular formula is C32H41N5O8. The van der Waals surface area contributed by atoms with Crippen LogP contribution in [0.3, 0.4) is 0 Å².